The maximum absolute atomic E-state index is 4.52. The number of rotatable bonds is 5. The summed E-state index contributed by atoms with van der Waals surface area (Å²) in [5.74, 6) is 2.07. The molecular formula is C18H24N4. The van der Waals surface area contributed by atoms with E-state index in [2.05, 4.69) is 70.0 Å². The van der Waals surface area contributed by atoms with Gasteiger partial charge in [-0.15, -0.1) is 0 Å². The van der Waals surface area contributed by atoms with E-state index in [9.17, 15) is 0 Å². The molecule has 0 atom stereocenters. The standard InChI is InChI=1S/C18H24N4/c1-15(2)22(13-16-8-4-3-5-9-16)18-12-17(19-14-20-18)21-10-6-7-11-21/h3-5,8-9,12,14-15H,6-7,10-11,13H2,1-2H3. The number of anilines is 2. The van der Waals surface area contributed by atoms with E-state index in [4.69, 9.17) is 0 Å². The van der Waals surface area contributed by atoms with E-state index >= 15 is 0 Å². The molecule has 1 saturated heterocycles. The number of hydrogen-bond donors (Lipinski definition) is 0. The molecule has 0 aliphatic carbocycles. The van der Waals surface area contributed by atoms with Gasteiger partial charge in [0.05, 0.1) is 0 Å². The third kappa shape index (κ3) is 3.38. The van der Waals surface area contributed by atoms with Crippen molar-refractivity contribution in [3.63, 3.8) is 0 Å². The van der Waals surface area contributed by atoms with Crippen LogP contribution < -0.4 is 9.80 Å². The van der Waals surface area contributed by atoms with Crippen LogP contribution in [0.1, 0.15) is 32.3 Å². The van der Waals surface area contributed by atoms with Crippen molar-refractivity contribution in [2.24, 2.45) is 0 Å². The fourth-order valence-corrected chi connectivity index (χ4v) is 2.92. The van der Waals surface area contributed by atoms with Crippen LogP contribution in [0, 0.1) is 0 Å². The van der Waals surface area contributed by atoms with E-state index < -0.39 is 0 Å². The minimum Gasteiger partial charge on any atom is -0.356 e. The molecule has 0 spiro atoms. The first-order valence-corrected chi connectivity index (χ1v) is 8.11. The maximum Gasteiger partial charge on any atom is 0.134 e. The number of aromatic nitrogens is 2. The highest BCUT2D eigenvalue weighted by Gasteiger charge is 2.17. The molecule has 2 aromatic rings. The van der Waals surface area contributed by atoms with Gasteiger partial charge in [0.25, 0.3) is 0 Å². The van der Waals surface area contributed by atoms with Crippen molar-refractivity contribution in [3.05, 3.63) is 48.3 Å². The van der Waals surface area contributed by atoms with Crippen LogP contribution in [-0.2, 0) is 6.54 Å². The molecule has 4 nitrogen and oxygen atoms in total. The third-order valence-corrected chi connectivity index (χ3v) is 4.18. The van der Waals surface area contributed by atoms with Gasteiger partial charge in [0.2, 0.25) is 0 Å². The normalized spacial score (nSPS) is 14.6. The third-order valence-electron chi connectivity index (χ3n) is 4.18. The molecule has 116 valence electrons. The van der Waals surface area contributed by atoms with Gasteiger partial charge >= 0.3 is 0 Å². The van der Waals surface area contributed by atoms with Crippen LogP contribution in [0.25, 0.3) is 0 Å². The maximum atomic E-state index is 4.52. The minimum atomic E-state index is 0.390. The average molecular weight is 296 g/mol. The summed E-state index contributed by atoms with van der Waals surface area (Å²) < 4.78 is 0. The summed E-state index contributed by atoms with van der Waals surface area (Å²) in [6, 6.07) is 13.1. The Bertz CT molecular complexity index is 591. The van der Waals surface area contributed by atoms with Crippen molar-refractivity contribution < 1.29 is 0 Å². The molecule has 0 saturated carbocycles. The minimum absolute atomic E-state index is 0.390. The monoisotopic (exact) mass is 296 g/mol. The molecule has 1 aromatic heterocycles. The van der Waals surface area contributed by atoms with Gasteiger partial charge in [0.1, 0.15) is 18.0 Å². The van der Waals surface area contributed by atoms with Crippen LogP contribution in [0.5, 0.6) is 0 Å². The van der Waals surface area contributed by atoms with Gasteiger partial charge in [-0.2, -0.15) is 0 Å². The Balaban J connectivity index is 1.83. The summed E-state index contributed by atoms with van der Waals surface area (Å²) in [5.41, 5.74) is 1.30. The Hall–Kier alpha value is -2.10. The first kappa shape index (κ1) is 14.8. The van der Waals surface area contributed by atoms with Crippen molar-refractivity contribution in [2.45, 2.75) is 39.3 Å². The SMILES string of the molecule is CC(C)N(Cc1ccccc1)c1cc(N2CCCC2)ncn1. The summed E-state index contributed by atoms with van der Waals surface area (Å²) in [6.45, 7) is 7.50. The molecule has 3 rings (SSSR count). The number of benzene rings is 1. The fraction of sp³-hybridized carbons (Fsp3) is 0.444. The first-order valence-electron chi connectivity index (χ1n) is 8.11. The summed E-state index contributed by atoms with van der Waals surface area (Å²) in [4.78, 5) is 13.7. The Morgan fingerprint density at radius 2 is 1.82 bits per heavy atom. The zero-order chi connectivity index (χ0) is 15.4. The van der Waals surface area contributed by atoms with Crippen LogP contribution in [0.2, 0.25) is 0 Å². The predicted octanol–water partition coefficient (Wildman–Crippen LogP) is 3.49. The van der Waals surface area contributed by atoms with Gasteiger partial charge in [0, 0.05) is 31.7 Å². The second-order valence-corrected chi connectivity index (χ2v) is 6.14. The second kappa shape index (κ2) is 6.77. The van der Waals surface area contributed by atoms with Crippen molar-refractivity contribution in [1.82, 2.24) is 9.97 Å². The highest BCUT2D eigenvalue weighted by atomic mass is 15.2. The van der Waals surface area contributed by atoms with Crippen LogP contribution >= 0.6 is 0 Å². The first-order chi connectivity index (χ1) is 10.7. The van der Waals surface area contributed by atoms with Crippen LogP contribution in [0.3, 0.4) is 0 Å². The van der Waals surface area contributed by atoms with Gasteiger partial charge in [-0.1, -0.05) is 30.3 Å². The van der Waals surface area contributed by atoms with Crippen molar-refractivity contribution >= 4 is 11.6 Å². The molecule has 0 N–H and O–H groups in total. The average Bonchev–Trinajstić information content (AvgIpc) is 3.08. The zero-order valence-corrected chi connectivity index (χ0v) is 13.4. The quantitative estimate of drug-likeness (QED) is 0.845. The highest BCUT2D eigenvalue weighted by Crippen LogP contribution is 2.23. The van der Waals surface area contributed by atoms with Crippen molar-refractivity contribution in [1.29, 1.82) is 0 Å². The molecule has 0 bridgehead atoms. The van der Waals surface area contributed by atoms with E-state index in [1.54, 1.807) is 6.33 Å². The van der Waals surface area contributed by atoms with E-state index in [1.165, 1.54) is 18.4 Å². The highest BCUT2D eigenvalue weighted by molar-refractivity contribution is 5.51. The summed E-state index contributed by atoms with van der Waals surface area (Å²) in [5, 5.41) is 0. The molecule has 1 aromatic carbocycles. The van der Waals surface area contributed by atoms with Crippen molar-refractivity contribution in [2.75, 3.05) is 22.9 Å². The predicted molar refractivity (Wildman–Crippen MR) is 91.2 cm³/mol. The molecule has 1 fully saturated rings. The smallest absolute Gasteiger partial charge is 0.134 e. The second-order valence-electron chi connectivity index (χ2n) is 6.14. The van der Waals surface area contributed by atoms with Gasteiger partial charge in [-0.05, 0) is 32.3 Å². The molecule has 0 amide bonds. The van der Waals surface area contributed by atoms with Crippen LogP contribution in [0.15, 0.2) is 42.7 Å². The summed E-state index contributed by atoms with van der Waals surface area (Å²) >= 11 is 0. The van der Waals surface area contributed by atoms with E-state index in [1.807, 2.05) is 0 Å². The van der Waals surface area contributed by atoms with Gasteiger partial charge in [-0.3, -0.25) is 0 Å². The molecule has 2 heterocycles. The summed E-state index contributed by atoms with van der Waals surface area (Å²) in [7, 11) is 0. The summed E-state index contributed by atoms with van der Waals surface area (Å²) in [6.07, 6.45) is 4.22. The molecule has 1 aliphatic rings. The fourth-order valence-electron chi connectivity index (χ4n) is 2.92. The van der Waals surface area contributed by atoms with Crippen LogP contribution in [-0.4, -0.2) is 29.1 Å². The lowest BCUT2D eigenvalue weighted by molar-refractivity contribution is 0.671. The van der Waals surface area contributed by atoms with E-state index in [0.29, 0.717) is 6.04 Å². The van der Waals surface area contributed by atoms with E-state index in [0.717, 1.165) is 31.3 Å². The lowest BCUT2D eigenvalue weighted by Crippen LogP contribution is -2.31. The number of hydrogen-bond acceptors (Lipinski definition) is 4. The Morgan fingerprint density at radius 3 is 2.50 bits per heavy atom. The zero-order valence-electron chi connectivity index (χ0n) is 13.4. The van der Waals surface area contributed by atoms with Crippen LogP contribution in [0.4, 0.5) is 11.6 Å². The topological polar surface area (TPSA) is 32.3 Å². The Labute approximate surface area is 132 Å². The van der Waals surface area contributed by atoms with E-state index in [-0.39, 0.29) is 0 Å². The molecule has 0 radical (unpaired) electrons. The lowest BCUT2D eigenvalue weighted by Gasteiger charge is -2.29. The molecule has 4 heteroatoms. The number of nitrogens with zero attached hydrogens (tertiary/aromatic N) is 4. The Morgan fingerprint density at radius 1 is 1.09 bits per heavy atom. The largest absolute Gasteiger partial charge is 0.356 e. The van der Waals surface area contributed by atoms with Gasteiger partial charge in [0.15, 0.2) is 0 Å². The van der Waals surface area contributed by atoms with Gasteiger partial charge < -0.3 is 9.80 Å². The van der Waals surface area contributed by atoms with Gasteiger partial charge in [-0.25, -0.2) is 9.97 Å². The molecule has 22 heavy (non-hydrogen) atoms. The lowest BCUT2D eigenvalue weighted by atomic mass is 10.2. The molecule has 0 unspecified atom stereocenters. The molecule has 1 aliphatic heterocycles. The molecular weight excluding hydrogens is 272 g/mol. The van der Waals surface area contributed by atoms with Crippen molar-refractivity contribution in [3.8, 4) is 0 Å². The Kier molecular flexibility index (Phi) is 4.56.